The number of carbonyl (C=O) groups is 1. The molecule has 126 valence electrons. The Bertz CT molecular complexity index is 600. The first kappa shape index (κ1) is 16.7. The Kier molecular flexibility index (Phi) is 5.65. The summed E-state index contributed by atoms with van der Waals surface area (Å²) in [5.74, 6) is -0.168. The van der Waals surface area contributed by atoms with E-state index < -0.39 is 0 Å². The van der Waals surface area contributed by atoms with Crippen LogP contribution in [0.3, 0.4) is 0 Å². The minimum atomic E-state index is -0.168. The van der Waals surface area contributed by atoms with Gasteiger partial charge in [-0.2, -0.15) is 0 Å². The van der Waals surface area contributed by atoms with Gasteiger partial charge in [-0.25, -0.2) is 0 Å². The lowest BCUT2D eigenvalue weighted by Crippen LogP contribution is -2.33. The summed E-state index contributed by atoms with van der Waals surface area (Å²) in [5, 5.41) is 0. The van der Waals surface area contributed by atoms with Crippen molar-refractivity contribution in [3.63, 3.8) is 0 Å². The van der Waals surface area contributed by atoms with Gasteiger partial charge in [0.05, 0.1) is 0 Å². The molecule has 0 saturated heterocycles. The van der Waals surface area contributed by atoms with Gasteiger partial charge in [0.25, 0.3) is 0 Å². The number of hydrogen-bond donors (Lipinski definition) is 0. The molecule has 0 aliphatic heterocycles. The molecule has 0 amide bonds. The second-order valence-electron chi connectivity index (χ2n) is 6.57. The maximum Gasteiger partial charge on any atom is 0.302 e. The molecular formula is C21H25NO2. The maximum atomic E-state index is 11.2. The average Bonchev–Trinajstić information content (AvgIpc) is 3.04. The number of benzene rings is 2. The smallest absolute Gasteiger partial charge is 0.302 e. The van der Waals surface area contributed by atoms with E-state index in [4.69, 9.17) is 4.74 Å². The summed E-state index contributed by atoms with van der Waals surface area (Å²) in [7, 11) is 0. The molecule has 0 radical (unpaired) electrons. The molecule has 2 aromatic rings. The SMILES string of the molecule is CC(=O)O[C@@H]1CC[C@H](N(Cc2ccccc2)Cc2ccccc2)C1. The van der Waals surface area contributed by atoms with Gasteiger partial charge in [0.2, 0.25) is 0 Å². The van der Waals surface area contributed by atoms with Gasteiger partial charge < -0.3 is 4.74 Å². The fraction of sp³-hybridized carbons (Fsp3) is 0.381. The monoisotopic (exact) mass is 323 g/mol. The number of esters is 1. The van der Waals surface area contributed by atoms with Gasteiger partial charge in [-0.15, -0.1) is 0 Å². The lowest BCUT2D eigenvalue weighted by atomic mass is 10.1. The third-order valence-electron chi connectivity index (χ3n) is 4.66. The minimum Gasteiger partial charge on any atom is -0.463 e. The first-order valence-electron chi connectivity index (χ1n) is 8.70. The van der Waals surface area contributed by atoms with Gasteiger partial charge in [-0.3, -0.25) is 9.69 Å². The number of nitrogens with zero attached hydrogens (tertiary/aromatic N) is 1. The lowest BCUT2D eigenvalue weighted by Gasteiger charge is -2.29. The van der Waals surface area contributed by atoms with Crippen molar-refractivity contribution in [1.29, 1.82) is 0 Å². The van der Waals surface area contributed by atoms with Crippen LogP contribution in [0.15, 0.2) is 60.7 Å². The highest BCUT2D eigenvalue weighted by molar-refractivity contribution is 5.66. The van der Waals surface area contributed by atoms with Gasteiger partial charge in [0, 0.05) is 26.1 Å². The highest BCUT2D eigenvalue weighted by Gasteiger charge is 2.31. The van der Waals surface area contributed by atoms with Crippen LogP contribution in [-0.2, 0) is 22.6 Å². The second-order valence-corrected chi connectivity index (χ2v) is 6.57. The van der Waals surface area contributed by atoms with Crippen LogP contribution in [0.25, 0.3) is 0 Å². The summed E-state index contributed by atoms with van der Waals surface area (Å²) in [6.45, 7) is 3.35. The molecular weight excluding hydrogens is 298 g/mol. The summed E-state index contributed by atoms with van der Waals surface area (Å²) in [4.78, 5) is 13.7. The van der Waals surface area contributed by atoms with Crippen LogP contribution in [0.4, 0.5) is 0 Å². The largest absolute Gasteiger partial charge is 0.463 e. The highest BCUT2D eigenvalue weighted by Crippen LogP contribution is 2.29. The summed E-state index contributed by atoms with van der Waals surface area (Å²) >= 11 is 0. The first-order chi connectivity index (χ1) is 11.7. The molecule has 1 fully saturated rings. The van der Waals surface area contributed by atoms with E-state index in [1.807, 2.05) is 0 Å². The van der Waals surface area contributed by atoms with E-state index in [2.05, 4.69) is 65.6 Å². The van der Waals surface area contributed by atoms with Crippen LogP contribution in [-0.4, -0.2) is 23.0 Å². The van der Waals surface area contributed by atoms with Gasteiger partial charge in [-0.05, 0) is 30.4 Å². The fourth-order valence-corrected chi connectivity index (χ4v) is 3.54. The standard InChI is InChI=1S/C21H25NO2/c1-17(23)24-21-13-12-20(14-21)22(15-18-8-4-2-5-9-18)16-19-10-6-3-7-11-19/h2-11,20-21H,12-16H2,1H3/t20-,21+/m0/s1. The van der Waals surface area contributed by atoms with Crippen molar-refractivity contribution in [1.82, 2.24) is 4.90 Å². The lowest BCUT2D eigenvalue weighted by molar-refractivity contribution is -0.146. The van der Waals surface area contributed by atoms with Gasteiger partial charge in [0.1, 0.15) is 6.10 Å². The topological polar surface area (TPSA) is 29.5 Å². The van der Waals surface area contributed by atoms with Crippen molar-refractivity contribution in [3.05, 3.63) is 71.8 Å². The van der Waals surface area contributed by atoms with Crippen molar-refractivity contribution >= 4 is 5.97 Å². The molecule has 3 nitrogen and oxygen atoms in total. The summed E-state index contributed by atoms with van der Waals surface area (Å²) in [6.07, 6.45) is 3.04. The fourth-order valence-electron chi connectivity index (χ4n) is 3.54. The van der Waals surface area contributed by atoms with Gasteiger partial charge >= 0.3 is 5.97 Å². The predicted molar refractivity (Wildman–Crippen MR) is 95.3 cm³/mol. The van der Waals surface area contributed by atoms with Crippen molar-refractivity contribution in [2.75, 3.05) is 0 Å². The van der Waals surface area contributed by atoms with E-state index in [-0.39, 0.29) is 12.1 Å². The van der Waals surface area contributed by atoms with Gasteiger partial charge in [0.15, 0.2) is 0 Å². The predicted octanol–water partition coefficient (Wildman–Crippen LogP) is 4.17. The van der Waals surface area contributed by atoms with Crippen molar-refractivity contribution in [3.8, 4) is 0 Å². The Hall–Kier alpha value is -2.13. The molecule has 3 heteroatoms. The zero-order valence-electron chi connectivity index (χ0n) is 14.2. The first-order valence-corrected chi connectivity index (χ1v) is 8.70. The normalized spacial score (nSPS) is 20.2. The van der Waals surface area contributed by atoms with Crippen LogP contribution in [0, 0.1) is 0 Å². The molecule has 2 aromatic carbocycles. The molecule has 0 bridgehead atoms. The maximum absolute atomic E-state index is 11.2. The summed E-state index contributed by atoms with van der Waals surface area (Å²) < 4.78 is 5.43. The Balaban J connectivity index is 1.71. The van der Waals surface area contributed by atoms with E-state index in [0.29, 0.717) is 6.04 Å². The molecule has 0 aromatic heterocycles. The van der Waals surface area contributed by atoms with Crippen LogP contribution >= 0.6 is 0 Å². The molecule has 0 unspecified atom stereocenters. The average molecular weight is 323 g/mol. The third-order valence-corrected chi connectivity index (χ3v) is 4.66. The zero-order valence-corrected chi connectivity index (χ0v) is 14.2. The number of hydrogen-bond acceptors (Lipinski definition) is 3. The second kappa shape index (κ2) is 8.11. The molecule has 24 heavy (non-hydrogen) atoms. The molecule has 3 rings (SSSR count). The van der Waals surface area contributed by atoms with Crippen molar-refractivity contribution < 1.29 is 9.53 Å². The van der Waals surface area contributed by atoms with E-state index in [1.165, 1.54) is 18.1 Å². The molecule has 0 N–H and O–H groups in total. The van der Waals surface area contributed by atoms with Gasteiger partial charge in [-0.1, -0.05) is 60.7 Å². The summed E-state index contributed by atoms with van der Waals surface area (Å²) in [5.41, 5.74) is 2.65. The van der Waals surface area contributed by atoms with Crippen LogP contribution in [0.5, 0.6) is 0 Å². The number of rotatable bonds is 6. The number of carbonyl (C=O) groups excluding carboxylic acids is 1. The van der Waals surface area contributed by atoms with E-state index in [9.17, 15) is 4.79 Å². The molecule has 1 aliphatic carbocycles. The van der Waals surface area contributed by atoms with Crippen LogP contribution in [0.1, 0.15) is 37.3 Å². The van der Waals surface area contributed by atoms with E-state index in [1.54, 1.807) is 0 Å². The quantitative estimate of drug-likeness (QED) is 0.747. The van der Waals surface area contributed by atoms with Crippen molar-refractivity contribution in [2.24, 2.45) is 0 Å². The van der Waals surface area contributed by atoms with E-state index in [0.717, 1.165) is 32.4 Å². The molecule has 0 heterocycles. The molecule has 2 atom stereocenters. The molecule has 1 saturated carbocycles. The van der Waals surface area contributed by atoms with Crippen LogP contribution < -0.4 is 0 Å². The van der Waals surface area contributed by atoms with E-state index >= 15 is 0 Å². The highest BCUT2D eigenvalue weighted by atomic mass is 16.5. The zero-order chi connectivity index (χ0) is 16.8. The van der Waals surface area contributed by atoms with Crippen LogP contribution in [0.2, 0.25) is 0 Å². The number of ether oxygens (including phenoxy) is 1. The Morgan fingerprint density at radius 2 is 1.50 bits per heavy atom. The Morgan fingerprint density at radius 3 is 2.00 bits per heavy atom. The van der Waals surface area contributed by atoms with Crippen molar-refractivity contribution in [2.45, 2.75) is 51.4 Å². The Labute approximate surface area is 144 Å². The minimum absolute atomic E-state index is 0.0709. The summed E-state index contributed by atoms with van der Waals surface area (Å²) in [6, 6.07) is 21.6. The third kappa shape index (κ3) is 4.68. The Morgan fingerprint density at radius 1 is 0.958 bits per heavy atom. The molecule has 0 spiro atoms. The molecule has 1 aliphatic rings.